The van der Waals surface area contributed by atoms with Crippen LogP contribution in [-0.4, -0.2) is 66.3 Å². The fourth-order valence-corrected chi connectivity index (χ4v) is 5.39. The molecule has 1 aliphatic rings. The Morgan fingerprint density at radius 1 is 1.02 bits per heavy atom. The summed E-state index contributed by atoms with van der Waals surface area (Å²) in [6.07, 6.45) is 1.32. The van der Waals surface area contributed by atoms with E-state index in [1.807, 2.05) is 47.4 Å². The standard InChI is InChI=1S/C31H31Cl2N5O3/c1-21(39)35-28-10-11-37(18-28)20-31(41)38(19-30(40)36-29-15-26(32)14-27(33)16-29)12-9-22-5-7-24(8-6-22)25-4-2-3-23(13-25)17-34/h2-8,13-16,28H,9-12,18-20H2,1H3,(H,35,39)(H,36,40)/t28-/m1/s1. The number of hydrogen-bond donors (Lipinski definition) is 2. The number of anilines is 1. The molecule has 0 saturated carbocycles. The maximum Gasteiger partial charge on any atom is 0.243 e. The summed E-state index contributed by atoms with van der Waals surface area (Å²) in [5.41, 5.74) is 4.00. The number of rotatable bonds is 10. The Hall–Kier alpha value is -3.90. The number of nitrogens with one attached hydrogen (secondary N) is 2. The molecule has 0 aliphatic carbocycles. The number of halogens is 2. The topological polar surface area (TPSA) is 106 Å². The molecule has 0 radical (unpaired) electrons. The lowest BCUT2D eigenvalue weighted by molar-refractivity contribution is -0.135. The third kappa shape index (κ3) is 9.05. The van der Waals surface area contributed by atoms with E-state index in [9.17, 15) is 19.6 Å². The fourth-order valence-electron chi connectivity index (χ4n) is 4.86. The predicted molar refractivity (Wildman–Crippen MR) is 161 cm³/mol. The van der Waals surface area contributed by atoms with Gasteiger partial charge in [0, 0.05) is 48.3 Å². The first kappa shape index (κ1) is 30.1. The van der Waals surface area contributed by atoms with Crippen molar-refractivity contribution < 1.29 is 14.4 Å². The molecule has 4 rings (SSSR count). The quantitative estimate of drug-likeness (QED) is 0.354. The zero-order chi connectivity index (χ0) is 29.4. The normalized spacial score (nSPS) is 14.7. The zero-order valence-corrected chi connectivity index (χ0v) is 24.2. The van der Waals surface area contributed by atoms with Gasteiger partial charge in [-0.2, -0.15) is 5.26 Å². The van der Waals surface area contributed by atoms with Crippen LogP contribution < -0.4 is 10.6 Å². The van der Waals surface area contributed by atoms with Crippen LogP contribution in [0, 0.1) is 11.3 Å². The largest absolute Gasteiger partial charge is 0.352 e. The van der Waals surface area contributed by atoms with Crippen molar-refractivity contribution in [2.24, 2.45) is 0 Å². The highest BCUT2D eigenvalue weighted by Crippen LogP contribution is 2.23. The highest BCUT2D eigenvalue weighted by atomic mass is 35.5. The maximum atomic E-state index is 13.4. The van der Waals surface area contributed by atoms with Gasteiger partial charge in [0.1, 0.15) is 0 Å². The van der Waals surface area contributed by atoms with Crippen LogP contribution in [0.25, 0.3) is 11.1 Å². The van der Waals surface area contributed by atoms with Crippen LogP contribution in [-0.2, 0) is 20.8 Å². The molecule has 0 unspecified atom stereocenters. The molecule has 3 amide bonds. The van der Waals surface area contributed by atoms with E-state index >= 15 is 0 Å². The van der Waals surface area contributed by atoms with E-state index in [2.05, 4.69) is 16.7 Å². The van der Waals surface area contributed by atoms with E-state index in [1.165, 1.54) is 6.92 Å². The number of benzene rings is 3. The number of nitriles is 1. The van der Waals surface area contributed by atoms with Crippen molar-refractivity contribution in [3.05, 3.63) is 87.9 Å². The van der Waals surface area contributed by atoms with Crippen molar-refractivity contribution in [1.82, 2.24) is 15.1 Å². The summed E-state index contributed by atoms with van der Waals surface area (Å²) in [5.74, 6) is -0.619. The molecule has 0 aromatic heterocycles. The van der Waals surface area contributed by atoms with Crippen LogP contribution in [0.2, 0.25) is 10.0 Å². The smallest absolute Gasteiger partial charge is 0.243 e. The highest BCUT2D eigenvalue weighted by molar-refractivity contribution is 6.35. The first-order valence-corrected chi connectivity index (χ1v) is 14.1. The van der Waals surface area contributed by atoms with Gasteiger partial charge in [0.2, 0.25) is 17.7 Å². The lowest BCUT2D eigenvalue weighted by Crippen LogP contribution is -2.45. The van der Waals surface area contributed by atoms with Crippen molar-refractivity contribution in [3.63, 3.8) is 0 Å². The number of amides is 3. The van der Waals surface area contributed by atoms with Crippen molar-refractivity contribution in [2.45, 2.75) is 25.8 Å². The second-order valence-electron chi connectivity index (χ2n) is 10.1. The molecular weight excluding hydrogens is 561 g/mol. The van der Waals surface area contributed by atoms with Crippen LogP contribution in [0.1, 0.15) is 24.5 Å². The van der Waals surface area contributed by atoms with E-state index in [1.54, 1.807) is 29.2 Å². The van der Waals surface area contributed by atoms with Gasteiger partial charge >= 0.3 is 0 Å². The van der Waals surface area contributed by atoms with Crippen LogP contribution >= 0.6 is 23.2 Å². The van der Waals surface area contributed by atoms with Gasteiger partial charge in [0.15, 0.2) is 0 Å². The second kappa shape index (κ2) is 14.1. The minimum Gasteiger partial charge on any atom is -0.352 e. The van der Waals surface area contributed by atoms with Gasteiger partial charge in [0.25, 0.3) is 0 Å². The lowest BCUT2D eigenvalue weighted by atomic mass is 10.0. The molecule has 1 fully saturated rings. The summed E-state index contributed by atoms with van der Waals surface area (Å²) >= 11 is 12.1. The van der Waals surface area contributed by atoms with Gasteiger partial charge in [-0.05, 0) is 59.9 Å². The monoisotopic (exact) mass is 591 g/mol. The minimum atomic E-state index is -0.359. The van der Waals surface area contributed by atoms with Crippen molar-refractivity contribution in [1.29, 1.82) is 5.26 Å². The number of carbonyl (C=O) groups is 3. The average molecular weight is 593 g/mol. The van der Waals surface area contributed by atoms with Gasteiger partial charge in [-0.3, -0.25) is 19.3 Å². The molecule has 1 atom stereocenters. The van der Waals surface area contributed by atoms with E-state index in [0.717, 1.165) is 23.1 Å². The third-order valence-electron chi connectivity index (χ3n) is 6.82. The Labute approximate surface area is 249 Å². The maximum absolute atomic E-state index is 13.4. The van der Waals surface area contributed by atoms with Gasteiger partial charge in [-0.15, -0.1) is 0 Å². The summed E-state index contributed by atoms with van der Waals surface area (Å²) in [6, 6.07) is 22.3. The molecule has 1 heterocycles. The van der Waals surface area contributed by atoms with Crippen molar-refractivity contribution in [3.8, 4) is 17.2 Å². The third-order valence-corrected chi connectivity index (χ3v) is 7.26. The number of likely N-dealkylation sites (tertiary alicyclic amines) is 1. The number of carbonyl (C=O) groups excluding carboxylic acids is 3. The van der Waals surface area contributed by atoms with Crippen molar-refractivity contribution >= 4 is 46.6 Å². The van der Waals surface area contributed by atoms with Gasteiger partial charge in [0.05, 0.1) is 24.7 Å². The molecule has 2 N–H and O–H groups in total. The molecule has 0 bridgehead atoms. The summed E-state index contributed by atoms with van der Waals surface area (Å²) in [6.45, 7) is 3.12. The fraction of sp³-hybridized carbons (Fsp3) is 0.290. The van der Waals surface area contributed by atoms with Gasteiger partial charge in [-0.1, -0.05) is 59.6 Å². The SMILES string of the molecule is CC(=O)N[C@@H]1CCN(CC(=O)N(CCc2ccc(-c3cccc(C#N)c3)cc2)CC(=O)Nc2cc(Cl)cc(Cl)c2)C1. The molecule has 10 heteroatoms. The molecule has 1 saturated heterocycles. The van der Waals surface area contributed by atoms with E-state index in [0.29, 0.717) is 47.4 Å². The molecule has 41 heavy (non-hydrogen) atoms. The second-order valence-corrected chi connectivity index (χ2v) is 11.0. The van der Waals surface area contributed by atoms with E-state index in [4.69, 9.17) is 23.2 Å². The molecule has 0 spiro atoms. The first-order valence-electron chi connectivity index (χ1n) is 13.3. The molecular formula is C31H31Cl2N5O3. The molecule has 212 valence electrons. The van der Waals surface area contributed by atoms with E-state index in [-0.39, 0.29) is 36.9 Å². The Bertz CT molecular complexity index is 1430. The van der Waals surface area contributed by atoms with Crippen LogP contribution in [0.5, 0.6) is 0 Å². The molecule has 3 aromatic rings. The van der Waals surface area contributed by atoms with Crippen LogP contribution in [0.4, 0.5) is 5.69 Å². The van der Waals surface area contributed by atoms with Crippen LogP contribution in [0.3, 0.4) is 0 Å². The summed E-state index contributed by atoms with van der Waals surface area (Å²) in [4.78, 5) is 41.3. The zero-order valence-electron chi connectivity index (χ0n) is 22.7. The first-order chi connectivity index (χ1) is 19.7. The highest BCUT2D eigenvalue weighted by Gasteiger charge is 2.27. The molecule has 3 aromatic carbocycles. The Kier molecular flexibility index (Phi) is 10.4. The Morgan fingerprint density at radius 3 is 2.44 bits per heavy atom. The molecule has 8 nitrogen and oxygen atoms in total. The average Bonchev–Trinajstić information content (AvgIpc) is 3.36. The number of hydrogen-bond acceptors (Lipinski definition) is 5. The van der Waals surface area contributed by atoms with Gasteiger partial charge < -0.3 is 15.5 Å². The lowest BCUT2D eigenvalue weighted by Gasteiger charge is -2.25. The van der Waals surface area contributed by atoms with Crippen LogP contribution in [0.15, 0.2) is 66.7 Å². The van der Waals surface area contributed by atoms with E-state index < -0.39 is 0 Å². The number of nitrogens with zero attached hydrogens (tertiary/aromatic N) is 3. The summed E-state index contributed by atoms with van der Waals surface area (Å²) in [5, 5.41) is 15.7. The Balaban J connectivity index is 1.42. The minimum absolute atomic E-state index is 0.0111. The van der Waals surface area contributed by atoms with Gasteiger partial charge in [-0.25, -0.2) is 0 Å². The predicted octanol–water partition coefficient (Wildman–Crippen LogP) is 4.75. The van der Waals surface area contributed by atoms with Crippen molar-refractivity contribution in [2.75, 3.05) is 38.0 Å². The summed E-state index contributed by atoms with van der Waals surface area (Å²) in [7, 11) is 0. The summed E-state index contributed by atoms with van der Waals surface area (Å²) < 4.78 is 0. The Morgan fingerprint density at radius 2 is 1.76 bits per heavy atom. The molecule has 1 aliphatic heterocycles.